The second kappa shape index (κ2) is 8.83. The Hall–Kier alpha value is -0.110. The smallest absolute Gasteiger partial charge is 0.145 e. The minimum absolute atomic E-state index is 0.00707. The number of hydroxylamine groups is 2. The highest BCUT2D eigenvalue weighted by Gasteiger charge is 2.37. The Morgan fingerprint density at radius 3 is 2.48 bits per heavy atom. The van der Waals surface area contributed by atoms with Gasteiger partial charge in [-0.3, -0.25) is 9.74 Å². The van der Waals surface area contributed by atoms with Gasteiger partial charge in [-0.05, 0) is 45.2 Å². The molecule has 0 aliphatic carbocycles. The number of likely N-dealkylation sites (tertiary alicyclic amines) is 1. The maximum atomic E-state index is 6.34. The summed E-state index contributed by atoms with van der Waals surface area (Å²) in [4.78, 5) is 8.73. The van der Waals surface area contributed by atoms with Crippen molar-refractivity contribution in [2.45, 2.75) is 55.8 Å². The molecule has 5 nitrogen and oxygen atoms in total. The Labute approximate surface area is 145 Å². The van der Waals surface area contributed by atoms with E-state index in [0.717, 1.165) is 71.4 Å². The molecule has 2 unspecified atom stereocenters. The van der Waals surface area contributed by atoms with Gasteiger partial charge in [0.25, 0.3) is 0 Å². The van der Waals surface area contributed by atoms with Crippen molar-refractivity contribution in [1.82, 2.24) is 15.3 Å². The third-order valence-electron chi connectivity index (χ3n) is 5.08. The Bertz CT molecular complexity index is 371. The minimum Gasteiger partial charge on any atom is -0.357 e. The molecule has 2 atom stereocenters. The lowest BCUT2D eigenvalue weighted by Crippen LogP contribution is -2.45. The Balaban J connectivity index is 1.47. The fraction of sp³-hybridized carbons (Fsp3) is 0.882. The van der Waals surface area contributed by atoms with Gasteiger partial charge in [0.1, 0.15) is 6.23 Å². The Morgan fingerprint density at radius 1 is 1.04 bits per heavy atom. The van der Waals surface area contributed by atoms with Crippen LogP contribution in [0.1, 0.15) is 32.1 Å². The highest BCUT2D eigenvalue weighted by atomic mass is 32.1. The van der Waals surface area contributed by atoms with Gasteiger partial charge in [-0.1, -0.05) is 6.08 Å². The van der Waals surface area contributed by atoms with Crippen molar-refractivity contribution < 1.29 is 9.57 Å². The molecule has 3 rings (SSSR count). The summed E-state index contributed by atoms with van der Waals surface area (Å²) in [6.07, 6.45) is 8.03. The molecule has 1 N–H and O–H groups in total. The summed E-state index contributed by atoms with van der Waals surface area (Å²) in [6, 6.07) is 0. The third-order valence-corrected chi connectivity index (χ3v) is 5.60. The van der Waals surface area contributed by atoms with Crippen LogP contribution in [0.15, 0.2) is 12.7 Å². The van der Waals surface area contributed by atoms with E-state index in [0.29, 0.717) is 12.2 Å². The Kier molecular flexibility index (Phi) is 6.80. The molecule has 23 heavy (non-hydrogen) atoms. The molecule has 132 valence electrons. The molecule has 0 aromatic rings. The summed E-state index contributed by atoms with van der Waals surface area (Å²) in [7, 11) is 0. The van der Waals surface area contributed by atoms with E-state index in [2.05, 4.69) is 21.9 Å². The third kappa shape index (κ3) is 4.94. The van der Waals surface area contributed by atoms with Gasteiger partial charge in [-0.2, -0.15) is 17.7 Å². The van der Waals surface area contributed by atoms with Gasteiger partial charge in [0, 0.05) is 31.4 Å². The lowest BCUT2D eigenvalue weighted by molar-refractivity contribution is -0.273. The van der Waals surface area contributed by atoms with Crippen LogP contribution in [-0.2, 0) is 9.57 Å². The van der Waals surface area contributed by atoms with Crippen molar-refractivity contribution in [2.75, 3.05) is 39.3 Å². The summed E-state index contributed by atoms with van der Waals surface area (Å²) in [5, 5.41) is 5.72. The molecule has 0 bridgehead atoms. The highest BCUT2D eigenvalue weighted by molar-refractivity contribution is 7.81. The SMILES string of the molecule is C=CCN1CCC(ON2CCC(S)C2OC2CCNCC2)CC1. The van der Waals surface area contributed by atoms with Crippen LogP contribution in [0.25, 0.3) is 0 Å². The number of thiol groups is 1. The zero-order valence-corrected chi connectivity index (χ0v) is 14.9. The van der Waals surface area contributed by atoms with Gasteiger partial charge in [-0.15, -0.1) is 6.58 Å². The second-order valence-electron chi connectivity index (χ2n) is 6.87. The van der Waals surface area contributed by atoms with Crippen molar-refractivity contribution in [2.24, 2.45) is 0 Å². The highest BCUT2D eigenvalue weighted by Crippen LogP contribution is 2.28. The first-order chi connectivity index (χ1) is 11.3. The topological polar surface area (TPSA) is 37.0 Å². The molecule has 0 radical (unpaired) electrons. The quantitative estimate of drug-likeness (QED) is 0.568. The lowest BCUT2D eigenvalue weighted by atomic mass is 10.1. The fourth-order valence-corrected chi connectivity index (χ4v) is 4.03. The maximum absolute atomic E-state index is 6.34. The van der Waals surface area contributed by atoms with E-state index in [4.69, 9.17) is 22.2 Å². The fourth-order valence-electron chi connectivity index (χ4n) is 3.69. The van der Waals surface area contributed by atoms with Crippen molar-refractivity contribution in [3.05, 3.63) is 12.7 Å². The van der Waals surface area contributed by atoms with E-state index in [-0.39, 0.29) is 11.5 Å². The molecule has 0 saturated carbocycles. The van der Waals surface area contributed by atoms with Gasteiger partial charge in [0.05, 0.1) is 12.2 Å². The standard InChI is InChI=1S/C17H31N3O2S/c1-2-10-19-11-5-15(6-12-19)22-20-13-7-16(23)17(20)21-14-3-8-18-9-4-14/h2,14-18,23H,1,3-13H2. The van der Waals surface area contributed by atoms with Crippen LogP contribution in [0.4, 0.5) is 0 Å². The second-order valence-corrected chi connectivity index (χ2v) is 7.53. The van der Waals surface area contributed by atoms with E-state index in [1.54, 1.807) is 0 Å². The summed E-state index contributed by atoms with van der Waals surface area (Å²) < 4.78 is 6.34. The van der Waals surface area contributed by atoms with Gasteiger partial charge in [0.15, 0.2) is 0 Å². The van der Waals surface area contributed by atoms with Crippen LogP contribution >= 0.6 is 12.6 Å². The molecule has 0 aromatic heterocycles. The van der Waals surface area contributed by atoms with Gasteiger partial charge in [-0.25, -0.2) is 0 Å². The van der Waals surface area contributed by atoms with Crippen molar-refractivity contribution in [3.63, 3.8) is 0 Å². The minimum atomic E-state index is 0.00707. The number of nitrogens with one attached hydrogen (secondary N) is 1. The number of ether oxygens (including phenoxy) is 1. The van der Waals surface area contributed by atoms with Crippen LogP contribution < -0.4 is 5.32 Å². The number of hydrogen-bond donors (Lipinski definition) is 2. The number of hydrogen-bond acceptors (Lipinski definition) is 6. The maximum Gasteiger partial charge on any atom is 0.145 e. The van der Waals surface area contributed by atoms with Crippen molar-refractivity contribution in [3.8, 4) is 0 Å². The van der Waals surface area contributed by atoms with Gasteiger partial charge >= 0.3 is 0 Å². The molecule has 0 amide bonds. The zero-order chi connectivity index (χ0) is 16.1. The van der Waals surface area contributed by atoms with E-state index in [1.807, 2.05) is 6.08 Å². The first-order valence-electron chi connectivity index (χ1n) is 9.07. The molecule has 0 spiro atoms. The molecule has 3 fully saturated rings. The number of rotatable bonds is 6. The van der Waals surface area contributed by atoms with Crippen LogP contribution in [0.5, 0.6) is 0 Å². The van der Waals surface area contributed by atoms with Crippen LogP contribution in [0.3, 0.4) is 0 Å². The molecule has 3 saturated heterocycles. The van der Waals surface area contributed by atoms with E-state index in [9.17, 15) is 0 Å². The molecule has 3 aliphatic heterocycles. The first-order valence-corrected chi connectivity index (χ1v) is 9.59. The molecule has 0 aromatic carbocycles. The summed E-state index contributed by atoms with van der Waals surface area (Å²) in [5.41, 5.74) is 0. The van der Waals surface area contributed by atoms with Gasteiger partial charge in [0.2, 0.25) is 0 Å². The predicted molar refractivity (Wildman–Crippen MR) is 95.6 cm³/mol. The largest absolute Gasteiger partial charge is 0.357 e. The molecular weight excluding hydrogens is 310 g/mol. The van der Waals surface area contributed by atoms with Gasteiger partial charge < -0.3 is 10.1 Å². The monoisotopic (exact) mass is 341 g/mol. The number of piperidine rings is 2. The normalized spacial score (nSPS) is 32.4. The molecular formula is C17H31N3O2S. The van der Waals surface area contributed by atoms with E-state index in [1.165, 1.54) is 0 Å². The first kappa shape index (κ1) is 17.7. The number of nitrogens with zero attached hydrogens (tertiary/aromatic N) is 2. The summed E-state index contributed by atoms with van der Waals surface area (Å²) in [6.45, 7) is 10.0. The van der Waals surface area contributed by atoms with E-state index >= 15 is 0 Å². The Morgan fingerprint density at radius 2 is 1.78 bits per heavy atom. The average Bonchev–Trinajstić information content (AvgIpc) is 2.91. The summed E-state index contributed by atoms with van der Waals surface area (Å²) in [5.74, 6) is 0. The predicted octanol–water partition coefficient (Wildman–Crippen LogP) is 1.67. The van der Waals surface area contributed by atoms with Crippen molar-refractivity contribution in [1.29, 1.82) is 0 Å². The van der Waals surface area contributed by atoms with E-state index < -0.39 is 0 Å². The van der Waals surface area contributed by atoms with Crippen LogP contribution in [0.2, 0.25) is 0 Å². The lowest BCUT2D eigenvalue weighted by Gasteiger charge is -2.36. The van der Waals surface area contributed by atoms with Crippen LogP contribution in [-0.4, -0.2) is 72.9 Å². The molecule has 3 heterocycles. The molecule has 6 heteroatoms. The average molecular weight is 342 g/mol. The van der Waals surface area contributed by atoms with Crippen molar-refractivity contribution >= 4 is 12.6 Å². The van der Waals surface area contributed by atoms with Crippen LogP contribution in [0, 0.1) is 0 Å². The zero-order valence-electron chi connectivity index (χ0n) is 14.0. The summed E-state index contributed by atoms with van der Waals surface area (Å²) >= 11 is 4.72. The molecule has 3 aliphatic rings.